The fourth-order valence-electron chi connectivity index (χ4n) is 1.97. The second-order valence-corrected chi connectivity index (χ2v) is 5.68. The molecule has 0 unspecified atom stereocenters. The van der Waals surface area contributed by atoms with Gasteiger partial charge >= 0.3 is 0 Å². The molecule has 0 saturated carbocycles. The van der Waals surface area contributed by atoms with Crippen molar-refractivity contribution < 1.29 is 5.11 Å². The van der Waals surface area contributed by atoms with E-state index in [-0.39, 0.29) is 6.61 Å². The molecule has 2 aromatic carbocycles. The number of aliphatic hydroxyl groups is 1. The molecule has 2 rings (SSSR count). The highest BCUT2D eigenvalue weighted by atomic mass is 35.5. The fraction of sp³-hybridized carbons (Fsp3) is 0.188. The molecule has 3 N–H and O–H groups in total. The van der Waals surface area contributed by atoms with Gasteiger partial charge in [-0.2, -0.15) is 5.26 Å². The molecular formula is C16H16Cl2N4O. The molecule has 0 amide bonds. The predicted octanol–water partition coefficient (Wildman–Crippen LogP) is 3.73. The van der Waals surface area contributed by atoms with Gasteiger partial charge in [0, 0.05) is 19.3 Å². The number of anilines is 3. The maximum Gasteiger partial charge on any atom is 0.0992 e. The zero-order valence-electron chi connectivity index (χ0n) is 12.5. The number of hydrazine groups is 1. The van der Waals surface area contributed by atoms with Crippen LogP contribution in [0.25, 0.3) is 0 Å². The van der Waals surface area contributed by atoms with E-state index in [9.17, 15) is 0 Å². The number of likely N-dealkylation sites (N-methyl/N-ethyl adjacent to an activating group) is 1. The molecular weight excluding hydrogens is 335 g/mol. The van der Waals surface area contributed by atoms with Crippen LogP contribution in [-0.4, -0.2) is 25.3 Å². The van der Waals surface area contributed by atoms with E-state index in [1.807, 2.05) is 42.3 Å². The van der Waals surface area contributed by atoms with Crippen molar-refractivity contribution in [2.75, 3.05) is 36.0 Å². The third-order valence-electron chi connectivity index (χ3n) is 3.25. The number of nitrogens with one attached hydrogen (secondary N) is 2. The molecule has 0 heterocycles. The summed E-state index contributed by atoms with van der Waals surface area (Å²) >= 11 is 12.2. The normalized spacial score (nSPS) is 10.0. The molecule has 0 bridgehead atoms. The Kier molecular flexibility index (Phi) is 5.94. The molecule has 23 heavy (non-hydrogen) atoms. The molecule has 2 aromatic rings. The molecule has 7 heteroatoms. The Morgan fingerprint density at radius 2 is 1.74 bits per heavy atom. The van der Waals surface area contributed by atoms with Gasteiger partial charge in [-0.05, 0) is 36.4 Å². The van der Waals surface area contributed by atoms with E-state index in [1.54, 1.807) is 12.1 Å². The topological polar surface area (TPSA) is 71.3 Å². The van der Waals surface area contributed by atoms with Crippen LogP contribution in [0.15, 0.2) is 36.4 Å². The van der Waals surface area contributed by atoms with E-state index in [0.29, 0.717) is 27.8 Å². The zero-order valence-corrected chi connectivity index (χ0v) is 14.0. The van der Waals surface area contributed by atoms with Crippen LogP contribution < -0.4 is 15.8 Å². The highest BCUT2D eigenvalue weighted by molar-refractivity contribution is 6.39. The quantitative estimate of drug-likeness (QED) is 0.692. The Bertz CT molecular complexity index is 690. The van der Waals surface area contributed by atoms with E-state index in [2.05, 4.69) is 10.9 Å². The third kappa shape index (κ3) is 4.42. The van der Waals surface area contributed by atoms with Gasteiger partial charge in [0.1, 0.15) is 0 Å². The van der Waals surface area contributed by atoms with Crippen LogP contribution in [0.2, 0.25) is 10.0 Å². The first-order valence-electron chi connectivity index (χ1n) is 6.88. The van der Waals surface area contributed by atoms with Crippen LogP contribution >= 0.6 is 23.2 Å². The van der Waals surface area contributed by atoms with Crippen LogP contribution in [0.1, 0.15) is 5.56 Å². The second kappa shape index (κ2) is 7.93. The van der Waals surface area contributed by atoms with Crippen molar-refractivity contribution in [1.29, 1.82) is 5.26 Å². The Morgan fingerprint density at radius 3 is 2.26 bits per heavy atom. The summed E-state index contributed by atoms with van der Waals surface area (Å²) < 4.78 is 0. The lowest BCUT2D eigenvalue weighted by Crippen LogP contribution is -2.21. The molecule has 0 atom stereocenters. The monoisotopic (exact) mass is 350 g/mol. The van der Waals surface area contributed by atoms with E-state index in [0.717, 1.165) is 11.4 Å². The molecule has 0 spiro atoms. The van der Waals surface area contributed by atoms with Gasteiger partial charge in [-0.1, -0.05) is 23.2 Å². The predicted molar refractivity (Wildman–Crippen MR) is 95.2 cm³/mol. The minimum atomic E-state index is 0.105. The van der Waals surface area contributed by atoms with Gasteiger partial charge in [0.15, 0.2) is 0 Å². The van der Waals surface area contributed by atoms with E-state index >= 15 is 0 Å². The van der Waals surface area contributed by atoms with E-state index in [1.165, 1.54) is 0 Å². The van der Waals surface area contributed by atoms with Crippen LogP contribution in [0.5, 0.6) is 0 Å². The largest absolute Gasteiger partial charge is 0.395 e. The second-order valence-electron chi connectivity index (χ2n) is 4.87. The number of halogens is 2. The molecule has 0 aromatic heterocycles. The summed E-state index contributed by atoms with van der Waals surface area (Å²) in [5.74, 6) is 0. The van der Waals surface area contributed by atoms with Gasteiger partial charge in [0.2, 0.25) is 0 Å². The summed E-state index contributed by atoms with van der Waals surface area (Å²) in [5.41, 5.74) is 8.69. The smallest absolute Gasteiger partial charge is 0.0992 e. The maximum absolute atomic E-state index is 8.94. The van der Waals surface area contributed by atoms with Crippen molar-refractivity contribution in [3.8, 4) is 6.07 Å². The summed E-state index contributed by atoms with van der Waals surface area (Å²) in [7, 11) is 1.91. The number of hydrogen-bond donors (Lipinski definition) is 3. The average Bonchev–Trinajstić information content (AvgIpc) is 2.54. The minimum Gasteiger partial charge on any atom is -0.395 e. The summed E-state index contributed by atoms with van der Waals surface area (Å²) in [6.07, 6.45) is 0. The summed E-state index contributed by atoms with van der Waals surface area (Å²) in [4.78, 5) is 1.95. The van der Waals surface area contributed by atoms with Crippen molar-refractivity contribution in [1.82, 2.24) is 0 Å². The summed E-state index contributed by atoms with van der Waals surface area (Å²) in [6.45, 7) is 0.676. The molecule has 0 aliphatic heterocycles. The lowest BCUT2D eigenvalue weighted by Gasteiger charge is -2.18. The van der Waals surface area contributed by atoms with Gasteiger partial charge in [-0.3, -0.25) is 5.43 Å². The third-order valence-corrected chi connectivity index (χ3v) is 3.84. The van der Waals surface area contributed by atoms with Crippen LogP contribution in [0, 0.1) is 11.3 Å². The number of hydrogen-bond acceptors (Lipinski definition) is 5. The van der Waals surface area contributed by atoms with Crippen molar-refractivity contribution in [2.45, 2.75) is 0 Å². The molecule has 0 fully saturated rings. The lowest BCUT2D eigenvalue weighted by atomic mass is 10.2. The molecule has 0 aliphatic rings. The number of nitriles is 1. The maximum atomic E-state index is 8.94. The Balaban J connectivity index is 2.06. The van der Waals surface area contributed by atoms with Gasteiger partial charge < -0.3 is 15.4 Å². The first-order valence-corrected chi connectivity index (χ1v) is 7.64. The molecule has 0 aliphatic carbocycles. The van der Waals surface area contributed by atoms with Gasteiger partial charge in [0.05, 0.1) is 39.7 Å². The fourth-order valence-corrected chi connectivity index (χ4v) is 2.55. The summed E-state index contributed by atoms with van der Waals surface area (Å²) in [5, 5.41) is 18.5. The van der Waals surface area contributed by atoms with Crippen molar-refractivity contribution in [2.24, 2.45) is 0 Å². The zero-order chi connectivity index (χ0) is 16.8. The van der Waals surface area contributed by atoms with Crippen LogP contribution in [-0.2, 0) is 0 Å². The number of aliphatic hydroxyl groups excluding tert-OH is 1. The number of nitrogens with zero attached hydrogens (tertiary/aromatic N) is 2. The molecule has 120 valence electrons. The van der Waals surface area contributed by atoms with Crippen LogP contribution in [0.3, 0.4) is 0 Å². The average molecular weight is 351 g/mol. The SMILES string of the molecule is CN(CCO)c1ccc(NNc2c(Cl)cc(C#N)cc2Cl)cc1. The lowest BCUT2D eigenvalue weighted by molar-refractivity contribution is 0.304. The van der Waals surface area contributed by atoms with Crippen molar-refractivity contribution >= 4 is 40.3 Å². The van der Waals surface area contributed by atoms with Gasteiger partial charge in [0.25, 0.3) is 0 Å². The van der Waals surface area contributed by atoms with E-state index < -0.39 is 0 Å². The minimum absolute atomic E-state index is 0.105. The van der Waals surface area contributed by atoms with Crippen LogP contribution in [0.4, 0.5) is 17.1 Å². The number of rotatable bonds is 6. The first-order chi connectivity index (χ1) is 11.0. The van der Waals surface area contributed by atoms with Gasteiger partial charge in [-0.25, -0.2) is 0 Å². The van der Waals surface area contributed by atoms with Gasteiger partial charge in [-0.15, -0.1) is 0 Å². The standard InChI is InChI=1S/C16H16Cl2N4O/c1-22(6-7-23)13-4-2-12(3-5-13)20-21-16-14(17)8-11(10-19)9-15(16)18/h2-5,8-9,20-21,23H,6-7H2,1H3. The highest BCUT2D eigenvalue weighted by Gasteiger charge is 2.08. The Morgan fingerprint density at radius 1 is 1.13 bits per heavy atom. The Hall–Kier alpha value is -2.13. The first kappa shape index (κ1) is 17.2. The molecule has 0 radical (unpaired) electrons. The Labute approximate surface area is 145 Å². The van der Waals surface area contributed by atoms with E-state index in [4.69, 9.17) is 33.6 Å². The number of benzene rings is 2. The molecule has 0 saturated heterocycles. The summed E-state index contributed by atoms with van der Waals surface area (Å²) in [6, 6.07) is 12.7. The highest BCUT2D eigenvalue weighted by Crippen LogP contribution is 2.31. The molecule has 5 nitrogen and oxygen atoms in total. The van der Waals surface area contributed by atoms with Crippen molar-refractivity contribution in [3.63, 3.8) is 0 Å². The van der Waals surface area contributed by atoms with Crippen molar-refractivity contribution in [3.05, 3.63) is 52.0 Å².